The first-order chi connectivity index (χ1) is 16.3. The highest BCUT2D eigenvalue weighted by molar-refractivity contribution is 14.1. The van der Waals surface area contributed by atoms with E-state index in [0.29, 0.717) is 5.75 Å². The van der Waals surface area contributed by atoms with Gasteiger partial charge in [0, 0.05) is 20.8 Å². The van der Waals surface area contributed by atoms with E-state index in [2.05, 4.69) is 5.32 Å². The Hall–Kier alpha value is -3.86. The number of aliphatic carboxylic acids is 1. The molecule has 0 radical (unpaired) electrons. The van der Waals surface area contributed by atoms with Crippen LogP contribution in [0.25, 0.3) is 0 Å². The fourth-order valence-electron chi connectivity index (χ4n) is 3.00. The van der Waals surface area contributed by atoms with Gasteiger partial charge in [-0.3, -0.25) is 10.1 Å². The summed E-state index contributed by atoms with van der Waals surface area (Å²) in [4.78, 5) is 36.3. The summed E-state index contributed by atoms with van der Waals surface area (Å²) in [5, 5.41) is 21.8. The zero-order chi connectivity index (χ0) is 24.5. The molecule has 0 spiro atoms. The molecule has 3 aromatic carbocycles. The highest BCUT2D eigenvalue weighted by Crippen LogP contribution is 2.33. The number of amides is 2. The number of para-hydroxylation sites is 1. The summed E-state index contributed by atoms with van der Waals surface area (Å²) < 4.78 is 12.2. The molecule has 0 aliphatic heterocycles. The van der Waals surface area contributed by atoms with Crippen LogP contribution in [-0.2, 0) is 9.53 Å². The predicted octanol–water partition coefficient (Wildman–Crippen LogP) is 4.69. The van der Waals surface area contributed by atoms with Gasteiger partial charge < -0.3 is 19.7 Å². The molecule has 0 aliphatic carbocycles. The van der Waals surface area contributed by atoms with Gasteiger partial charge in [0.2, 0.25) is 0 Å². The van der Waals surface area contributed by atoms with Gasteiger partial charge in [0.25, 0.3) is 5.91 Å². The van der Waals surface area contributed by atoms with E-state index < -0.39 is 30.2 Å². The number of hydrogen-bond acceptors (Lipinski definition) is 6. The molecule has 2 atom stereocenters. The number of carboxylic acids is 1. The van der Waals surface area contributed by atoms with Crippen molar-refractivity contribution in [2.75, 3.05) is 0 Å². The average Bonchev–Trinajstić information content (AvgIpc) is 2.83. The third kappa shape index (κ3) is 7.07. The Morgan fingerprint density at radius 2 is 1.59 bits per heavy atom. The van der Waals surface area contributed by atoms with Crippen LogP contribution in [0.1, 0.15) is 22.0 Å². The molecule has 3 rings (SSSR count). The third-order valence-corrected chi connectivity index (χ3v) is 5.19. The van der Waals surface area contributed by atoms with E-state index in [1.807, 2.05) is 22.6 Å². The first kappa shape index (κ1) is 24.8. The summed E-state index contributed by atoms with van der Waals surface area (Å²) in [6.45, 7) is 0. The standard InChI is InChI=1S/C25H20INO7/c26-17-11-12-20(28)19(15-17)23(34-25(32)27-24(31)16-7-3-1-4-8-16)21(13-14-22(29)30)33-18-9-5-2-6-10-18/h1-15,21,23,28H,(H,29,30)(H,27,31,32)/b14-13+/t21-,23-/m0/s1. The lowest BCUT2D eigenvalue weighted by molar-refractivity contribution is -0.131. The van der Waals surface area contributed by atoms with Gasteiger partial charge in [0.05, 0.1) is 0 Å². The lowest BCUT2D eigenvalue weighted by Gasteiger charge is -2.26. The van der Waals surface area contributed by atoms with Gasteiger partial charge in [0.1, 0.15) is 11.5 Å². The van der Waals surface area contributed by atoms with Crippen LogP contribution >= 0.6 is 22.6 Å². The second-order valence-electron chi connectivity index (χ2n) is 6.94. The Morgan fingerprint density at radius 1 is 0.941 bits per heavy atom. The maximum atomic E-state index is 12.7. The van der Waals surface area contributed by atoms with Gasteiger partial charge in [-0.25, -0.2) is 9.59 Å². The summed E-state index contributed by atoms with van der Waals surface area (Å²) in [6.07, 6.45) is -1.50. The summed E-state index contributed by atoms with van der Waals surface area (Å²) in [7, 11) is 0. The Morgan fingerprint density at radius 3 is 2.24 bits per heavy atom. The Balaban J connectivity index is 1.95. The van der Waals surface area contributed by atoms with Crippen LogP contribution in [0, 0.1) is 3.57 Å². The fourth-order valence-corrected chi connectivity index (χ4v) is 3.51. The minimum atomic E-state index is -1.30. The average molecular weight is 573 g/mol. The number of ether oxygens (including phenoxy) is 2. The van der Waals surface area contributed by atoms with Crippen molar-refractivity contribution >= 4 is 40.6 Å². The van der Waals surface area contributed by atoms with Crippen molar-refractivity contribution in [3.8, 4) is 11.5 Å². The molecule has 3 aromatic rings. The highest BCUT2D eigenvalue weighted by Gasteiger charge is 2.31. The number of carbonyl (C=O) groups excluding carboxylic acids is 2. The maximum absolute atomic E-state index is 12.7. The number of phenolic OH excluding ortho intramolecular Hbond substituents is 1. The van der Waals surface area contributed by atoms with Crippen LogP contribution in [0.15, 0.2) is 91.0 Å². The largest absolute Gasteiger partial charge is 0.508 e. The van der Waals surface area contributed by atoms with Gasteiger partial charge in [-0.2, -0.15) is 0 Å². The van der Waals surface area contributed by atoms with Crippen LogP contribution in [-0.4, -0.2) is 34.3 Å². The van der Waals surface area contributed by atoms with Gasteiger partial charge in [-0.1, -0.05) is 36.4 Å². The number of carbonyl (C=O) groups is 3. The molecule has 0 saturated carbocycles. The van der Waals surface area contributed by atoms with Gasteiger partial charge in [-0.15, -0.1) is 0 Å². The number of hydrogen-bond donors (Lipinski definition) is 3. The summed E-state index contributed by atoms with van der Waals surface area (Å²) in [5.74, 6) is -1.74. The second-order valence-corrected chi connectivity index (χ2v) is 8.19. The number of benzene rings is 3. The van der Waals surface area contributed by atoms with E-state index in [0.717, 1.165) is 9.65 Å². The molecule has 3 N–H and O–H groups in total. The molecule has 0 fully saturated rings. The van der Waals surface area contributed by atoms with Crippen molar-refractivity contribution < 1.29 is 34.1 Å². The highest BCUT2D eigenvalue weighted by atomic mass is 127. The van der Waals surface area contributed by atoms with Gasteiger partial charge >= 0.3 is 12.1 Å². The van der Waals surface area contributed by atoms with E-state index >= 15 is 0 Å². The molecule has 8 nitrogen and oxygen atoms in total. The molecule has 9 heteroatoms. The zero-order valence-corrected chi connectivity index (χ0v) is 19.8. The lowest BCUT2D eigenvalue weighted by Crippen LogP contribution is -2.36. The normalized spacial score (nSPS) is 12.5. The van der Waals surface area contributed by atoms with Gasteiger partial charge in [0.15, 0.2) is 12.2 Å². The molecule has 0 aromatic heterocycles. The number of carboxylic acid groups (broad SMARTS) is 1. The predicted molar refractivity (Wildman–Crippen MR) is 132 cm³/mol. The molecule has 2 amide bonds. The first-order valence-corrected chi connectivity index (χ1v) is 11.1. The van der Waals surface area contributed by atoms with Crippen LogP contribution in [0.5, 0.6) is 11.5 Å². The summed E-state index contributed by atoms with van der Waals surface area (Å²) in [5.41, 5.74) is 0.418. The molecule has 34 heavy (non-hydrogen) atoms. The fraction of sp³-hybridized carbons (Fsp3) is 0.0800. The topological polar surface area (TPSA) is 122 Å². The number of alkyl carbamates (subject to hydrolysis) is 1. The van der Waals surface area contributed by atoms with Crippen molar-refractivity contribution in [1.29, 1.82) is 0 Å². The van der Waals surface area contributed by atoms with Crippen LogP contribution in [0.4, 0.5) is 4.79 Å². The summed E-state index contributed by atoms with van der Waals surface area (Å²) in [6, 6.07) is 21.2. The van der Waals surface area contributed by atoms with E-state index in [-0.39, 0.29) is 16.9 Å². The molecule has 0 unspecified atom stereocenters. The quantitative estimate of drug-likeness (QED) is 0.264. The second kappa shape index (κ2) is 11.8. The van der Waals surface area contributed by atoms with E-state index in [1.165, 1.54) is 24.3 Å². The number of halogens is 1. The van der Waals surface area contributed by atoms with Crippen molar-refractivity contribution in [2.24, 2.45) is 0 Å². The Kier molecular flexibility index (Phi) is 8.63. The molecule has 0 bridgehead atoms. The molecule has 0 aliphatic rings. The number of imide groups is 1. The number of rotatable bonds is 8. The van der Waals surface area contributed by atoms with Crippen molar-refractivity contribution in [3.05, 3.63) is 106 Å². The maximum Gasteiger partial charge on any atom is 0.414 e. The SMILES string of the molecule is O=C(O)/C=C/[C@H](Oc1ccccc1)[C@@H](OC(=O)NC(=O)c1ccccc1)c1cc(I)ccc1O. The summed E-state index contributed by atoms with van der Waals surface area (Å²) >= 11 is 2.02. The van der Waals surface area contributed by atoms with E-state index in [1.54, 1.807) is 60.7 Å². The molecule has 0 saturated heterocycles. The van der Waals surface area contributed by atoms with Crippen molar-refractivity contribution in [3.63, 3.8) is 0 Å². The van der Waals surface area contributed by atoms with Gasteiger partial charge in [-0.05, 0) is 71.1 Å². The Bertz CT molecular complexity index is 1180. The zero-order valence-electron chi connectivity index (χ0n) is 17.6. The lowest BCUT2D eigenvalue weighted by atomic mass is 10.0. The third-order valence-electron chi connectivity index (χ3n) is 4.52. The first-order valence-electron chi connectivity index (χ1n) is 10.0. The minimum Gasteiger partial charge on any atom is -0.508 e. The molecule has 0 heterocycles. The smallest absolute Gasteiger partial charge is 0.414 e. The van der Waals surface area contributed by atoms with E-state index in [9.17, 15) is 19.5 Å². The van der Waals surface area contributed by atoms with Crippen LogP contribution in [0.3, 0.4) is 0 Å². The molecular formula is C25H20INO7. The monoisotopic (exact) mass is 573 g/mol. The molecular weight excluding hydrogens is 553 g/mol. The molecule has 174 valence electrons. The Labute approximate surface area is 209 Å². The van der Waals surface area contributed by atoms with Crippen LogP contribution < -0.4 is 10.1 Å². The number of aromatic hydroxyl groups is 1. The van der Waals surface area contributed by atoms with E-state index in [4.69, 9.17) is 14.6 Å². The van der Waals surface area contributed by atoms with Crippen molar-refractivity contribution in [1.82, 2.24) is 5.32 Å². The number of nitrogens with one attached hydrogen (secondary N) is 1. The van der Waals surface area contributed by atoms with Crippen molar-refractivity contribution in [2.45, 2.75) is 12.2 Å². The number of phenols is 1. The van der Waals surface area contributed by atoms with Crippen LogP contribution in [0.2, 0.25) is 0 Å². The minimum absolute atomic E-state index is 0.171.